The topological polar surface area (TPSA) is 75.4 Å². The molecule has 9 heteroatoms. The first-order chi connectivity index (χ1) is 19.5. The van der Waals surface area contributed by atoms with Crippen molar-refractivity contribution >= 4 is 17.1 Å². The molecular formula is C31H40N6O3. The summed E-state index contributed by atoms with van der Waals surface area (Å²) in [6.45, 7) is 9.22. The number of carbonyl (C=O) groups excluding carboxylic acids is 1. The number of hydrogen-bond donors (Lipinski definition) is 0. The highest BCUT2D eigenvalue weighted by atomic mass is 16.5. The van der Waals surface area contributed by atoms with Gasteiger partial charge in [0.25, 0.3) is 0 Å². The minimum Gasteiger partial charge on any atom is -0.378 e. The van der Waals surface area contributed by atoms with E-state index in [2.05, 4.69) is 57.2 Å². The standard InChI is InChI=1S/C31H40N6O3/c1-22-15-23(16-22)30(38)36-13-11-35(12-14-36)28-5-8-33-37-19-24(17-29(28)37)27-4-3-25(18-32-27)31(39-2)6-9-34(10-7-31)26-20-40-21-26/h3-5,8,17-19,22-23,26H,6-7,9-16,20-21H2,1-2H3. The number of likely N-dealkylation sites (tertiary alicyclic amines) is 1. The van der Waals surface area contributed by atoms with Crippen molar-refractivity contribution in [2.75, 3.05) is 64.5 Å². The van der Waals surface area contributed by atoms with Crippen molar-refractivity contribution in [2.45, 2.75) is 44.2 Å². The summed E-state index contributed by atoms with van der Waals surface area (Å²) in [5, 5.41) is 4.59. The van der Waals surface area contributed by atoms with Crippen LogP contribution in [-0.4, -0.2) is 95.9 Å². The first-order valence-corrected chi connectivity index (χ1v) is 14.9. The number of rotatable bonds is 6. The van der Waals surface area contributed by atoms with Crippen LogP contribution in [0.25, 0.3) is 16.8 Å². The highest BCUT2D eigenvalue weighted by Crippen LogP contribution is 2.38. The maximum atomic E-state index is 12.8. The van der Waals surface area contributed by atoms with Gasteiger partial charge in [-0.15, -0.1) is 0 Å². The first-order valence-electron chi connectivity index (χ1n) is 14.9. The molecule has 0 atom stereocenters. The minimum atomic E-state index is -0.284. The van der Waals surface area contributed by atoms with Crippen molar-refractivity contribution in [3.63, 3.8) is 0 Å². The fourth-order valence-corrected chi connectivity index (χ4v) is 7.07. The molecule has 3 aromatic rings. The number of piperazine rings is 1. The third kappa shape index (κ3) is 4.58. The van der Waals surface area contributed by atoms with Crippen molar-refractivity contribution in [1.29, 1.82) is 0 Å². The Bertz CT molecular complexity index is 1350. The lowest BCUT2D eigenvalue weighted by Gasteiger charge is -2.46. The maximum absolute atomic E-state index is 12.8. The van der Waals surface area contributed by atoms with Crippen LogP contribution in [0.1, 0.15) is 38.2 Å². The van der Waals surface area contributed by atoms with Crippen molar-refractivity contribution in [2.24, 2.45) is 11.8 Å². The zero-order valence-corrected chi connectivity index (χ0v) is 23.7. The van der Waals surface area contributed by atoms with E-state index in [0.29, 0.717) is 17.9 Å². The van der Waals surface area contributed by atoms with Crippen LogP contribution in [0.3, 0.4) is 0 Å². The van der Waals surface area contributed by atoms with Crippen LogP contribution in [0.2, 0.25) is 0 Å². The molecule has 0 N–H and O–H groups in total. The fraction of sp³-hybridized carbons (Fsp3) is 0.581. The number of ether oxygens (including phenoxy) is 2. The van der Waals surface area contributed by atoms with E-state index in [1.54, 1.807) is 0 Å². The molecule has 3 saturated heterocycles. The molecule has 212 valence electrons. The van der Waals surface area contributed by atoms with Crippen LogP contribution in [0.15, 0.2) is 42.9 Å². The number of piperidine rings is 1. The normalized spacial score (nSPS) is 25.6. The summed E-state index contributed by atoms with van der Waals surface area (Å²) in [5.41, 5.74) is 5.06. The van der Waals surface area contributed by atoms with Gasteiger partial charge in [-0.25, -0.2) is 4.52 Å². The van der Waals surface area contributed by atoms with E-state index in [1.807, 2.05) is 24.0 Å². The largest absolute Gasteiger partial charge is 0.378 e. The molecule has 4 aliphatic rings. The van der Waals surface area contributed by atoms with Crippen LogP contribution in [0.5, 0.6) is 0 Å². The summed E-state index contributed by atoms with van der Waals surface area (Å²) >= 11 is 0. The Kier molecular flexibility index (Phi) is 6.76. The predicted octanol–water partition coefficient (Wildman–Crippen LogP) is 3.43. The van der Waals surface area contributed by atoms with Crippen LogP contribution < -0.4 is 4.90 Å². The first kappa shape index (κ1) is 25.9. The molecule has 3 aromatic heterocycles. The molecule has 40 heavy (non-hydrogen) atoms. The van der Waals surface area contributed by atoms with Crippen LogP contribution in [0, 0.1) is 11.8 Å². The quantitative estimate of drug-likeness (QED) is 0.471. The zero-order chi connectivity index (χ0) is 27.3. The lowest BCUT2D eigenvalue weighted by Crippen LogP contribution is -2.54. The summed E-state index contributed by atoms with van der Waals surface area (Å²) in [6, 6.07) is 9.14. The second-order valence-corrected chi connectivity index (χ2v) is 12.2. The van der Waals surface area contributed by atoms with E-state index in [1.165, 1.54) is 0 Å². The van der Waals surface area contributed by atoms with Crippen LogP contribution >= 0.6 is 0 Å². The number of methoxy groups -OCH3 is 1. The molecule has 1 amide bonds. The Balaban J connectivity index is 1.05. The van der Waals surface area contributed by atoms with Crippen molar-refractivity contribution in [1.82, 2.24) is 24.4 Å². The van der Waals surface area contributed by atoms with Gasteiger partial charge in [-0.1, -0.05) is 13.0 Å². The van der Waals surface area contributed by atoms with E-state index in [4.69, 9.17) is 14.5 Å². The van der Waals surface area contributed by atoms with Crippen LogP contribution in [0.4, 0.5) is 5.69 Å². The van der Waals surface area contributed by atoms with Crippen molar-refractivity contribution in [3.05, 3.63) is 48.4 Å². The van der Waals surface area contributed by atoms with E-state index >= 15 is 0 Å². The van der Waals surface area contributed by atoms with Crippen LogP contribution in [-0.2, 0) is 19.9 Å². The molecule has 0 radical (unpaired) electrons. The number of nitrogens with zero attached hydrogens (tertiary/aromatic N) is 6. The zero-order valence-electron chi connectivity index (χ0n) is 23.7. The summed E-state index contributed by atoms with van der Waals surface area (Å²) in [5.74, 6) is 1.29. The smallest absolute Gasteiger partial charge is 0.225 e. The Morgan fingerprint density at radius 2 is 1.82 bits per heavy atom. The second-order valence-electron chi connectivity index (χ2n) is 12.2. The van der Waals surface area contributed by atoms with E-state index in [9.17, 15) is 4.79 Å². The van der Waals surface area contributed by atoms with Gasteiger partial charge < -0.3 is 19.3 Å². The van der Waals surface area contributed by atoms with Gasteiger partial charge in [0.1, 0.15) is 0 Å². The number of pyridine rings is 1. The summed E-state index contributed by atoms with van der Waals surface area (Å²) < 4.78 is 13.5. The number of anilines is 1. The monoisotopic (exact) mass is 544 g/mol. The summed E-state index contributed by atoms with van der Waals surface area (Å²) in [4.78, 5) is 24.7. The minimum absolute atomic E-state index is 0.246. The van der Waals surface area contributed by atoms with Gasteiger partial charge in [-0.3, -0.25) is 14.7 Å². The number of fused-ring (bicyclic) bond motifs is 1. The predicted molar refractivity (Wildman–Crippen MR) is 153 cm³/mol. The highest BCUT2D eigenvalue weighted by Gasteiger charge is 2.40. The average Bonchev–Trinajstić information content (AvgIpc) is 3.40. The molecule has 9 nitrogen and oxygen atoms in total. The number of amides is 1. The molecular weight excluding hydrogens is 504 g/mol. The molecule has 7 rings (SSSR count). The van der Waals surface area contributed by atoms with Gasteiger partial charge in [0.05, 0.1) is 41.8 Å². The number of hydrogen-bond acceptors (Lipinski definition) is 7. The van der Waals surface area contributed by atoms with Crippen molar-refractivity contribution < 1.29 is 14.3 Å². The average molecular weight is 545 g/mol. The molecule has 1 aliphatic carbocycles. The second kappa shape index (κ2) is 10.4. The third-order valence-electron chi connectivity index (χ3n) is 9.86. The Morgan fingerprint density at radius 1 is 1.05 bits per heavy atom. The van der Waals surface area contributed by atoms with E-state index in [0.717, 1.165) is 106 Å². The van der Waals surface area contributed by atoms with Gasteiger partial charge in [-0.2, -0.15) is 5.10 Å². The maximum Gasteiger partial charge on any atom is 0.225 e. The fourth-order valence-electron chi connectivity index (χ4n) is 7.07. The SMILES string of the molecule is COC1(c2ccc(-c3cc4c(N5CCN(C(=O)C6CC(C)C6)CC5)ccnn4c3)nc2)CCN(C2COC2)CC1. The Hall–Kier alpha value is -3.01. The number of carbonyl (C=O) groups is 1. The van der Waals surface area contributed by atoms with Gasteiger partial charge in [0.2, 0.25) is 5.91 Å². The lowest BCUT2D eigenvalue weighted by atomic mass is 9.75. The molecule has 0 aromatic carbocycles. The molecule has 0 unspecified atom stereocenters. The molecule has 0 bridgehead atoms. The summed E-state index contributed by atoms with van der Waals surface area (Å²) in [6.07, 6.45) is 9.94. The number of aromatic nitrogens is 3. The van der Waals surface area contributed by atoms with Gasteiger partial charge in [-0.05, 0) is 49.8 Å². The molecule has 0 spiro atoms. The Labute approximate surface area is 236 Å². The van der Waals surface area contributed by atoms with Crippen molar-refractivity contribution in [3.8, 4) is 11.3 Å². The van der Waals surface area contributed by atoms with E-state index in [-0.39, 0.29) is 11.5 Å². The molecule has 4 fully saturated rings. The van der Waals surface area contributed by atoms with E-state index < -0.39 is 0 Å². The van der Waals surface area contributed by atoms with Gasteiger partial charge >= 0.3 is 0 Å². The molecule has 6 heterocycles. The molecule has 3 aliphatic heterocycles. The van der Waals surface area contributed by atoms with Gasteiger partial charge in [0, 0.05) is 82.0 Å². The van der Waals surface area contributed by atoms with Gasteiger partial charge in [0.15, 0.2) is 0 Å². The lowest BCUT2D eigenvalue weighted by molar-refractivity contribution is -0.140. The highest BCUT2D eigenvalue weighted by molar-refractivity contribution is 5.81. The Morgan fingerprint density at radius 3 is 2.45 bits per heavy atom. The third-order valence-corrected chi connectivity index (χ3v) is 9.86. The molecule has 1 saturated carbocycles. The summed E-state index contributed by atoms with van der Waals surface area (Å²) in [7, 11) is 1.83.